The summed E-state index contributed by atoms with van der Waals surface area (Å²) in [5.74, 6) is -0.720. The van der Waals surface area contributed by atoms with E-state index in [1.54, 1.807) is 13.8 Å². The van der Waals surface area contributed by atoms with Crippen LogP contribution in [0.1, 0.15) is 33.6 Å². The maximum atomic E-state index is 10.6. The molecule has 0 spiro atoms. The molecule has 1 N–H and O–H groups in total. The largest absolute Gasteiger partial charge is 0.481 e. The molecule has 0 saturated heterocycles. The summed E-state index contributed by atoms with van der Waals surface area (Å²) < 4.78 is 0. The molecule has 2 heteroatoms. The standard InChI is InChI=1S/C9H16O2/c1-4-5-6-7-9(2,3)8(10)11/h4-5H,6-7H2,1-3H3,(H,10,11)/b5-4+. The quantitative estimate of drug-likeness (QED) is 0.635. The zero-order valence-corrected chi connectivity index (χ0v) is 7.42. The van der Waals surface area contributed by atoms with E-state index in [4.69, 9.17) is 5.11 Å². The molecule has 0 aliphatic rings. The van der Waals surface area contributed by atoms with Gasteiger partial charge in [-0.3, -0.25) is 4.79 Å². The fraction of sp³-hybridized carbons (Fsp3) is 0.667. The molecule has 0 heterocycles. The van der Waals surface area contributed by atoms with Gasteiger partial charge in [0.15, 0.2) is 0 Å². The van der Waals surface area contributed by atoms with Crippen molar-refractivity contribution in [3.05, 3.63) is 12.2 Å². The molecule has 2 nitrogen and oxygen atoms in total. The van der Waals surface area contributed by atoms with Crippen molar-refractivity contribution < 1.29 is 9.90 Å². The summed E-state index contributed by atoms with van der Waals surface area (Å²) in [5.41, 5.74) is -0.584. The van der Waals surface area contributed by atoms with Crippen molar-refractivity contribution in [2.75, 3.05) is 0 Å². The Kier molecular flexibility index (Phi) is 3.86. The molecule has 0 aromatic heterocycles. The zero-order valence-electron chi connectivity index (χ0n) is 7.42. The molecule has 0 atom stereocenters. The van der Waals surface area contributed by atoms with Gasteiger partial charge < -0.3 is 5.11 Å². The van der Waals surface area contributed by atoms with E-state index in [-0.39, 0.29) is 0 Å². The lowest BCUT2D eigenvalue weighted by Crippen LogP contribution is -2.22. The van der Waals surface area contributed by atoms with E-state index < -0.39 is 11.4 Å². The molecule has 0 saturated carbocycles. The van der Waals surface area contributed by atoms with Gasteiger partial charge in [0, 0.05) is 0 Å². The van der Waals surface area contributed by atoms with Crippen LogP contribution in [-0.4, -0.2) is 11.1 Å². The number of carboxylic acid groups (broad SMARTS) is 1. The average molecular weight is 156 g/mol. The van der Waals surface area contributed by atoms with Crippen molar-refractivity contribution >= 4 is 5.97 Å². The van der Waals surface area contributed by atoms with Crippen LogP contribution in [0.4, 0.5) is 0 Å². The lowest BCUT2D eigenvalue weighted by molar-refractivity contribution is -0.147. The minimum absolute atomic E-state index is 0.584. The Morgan fingerprint density at radius 1 is 1.55 bits per heavy atom. The molecule has 0 bridgehead atoms. The third kappa shape index (κ3) is 3.81. The third-order valence-corrected chi connectivity index (χ3v) is 1.75. The monoisotopic (exact) mass is 156 g/mol. The molecular formula is C9H16O2. The summed E-state index contributed by atoms with van der Waals surface area (Å²) >= 11 is 0. The van der Waals surface area contributed by atoms with Crippen LogP contribution in [0.3, 0.4) is 0 Å². The predicted octanol–water partition coefficient (Wildman–Crippen LogP) is 2.45. The predicted molar refractivity (Wildman–Crippen MR) is 45.5 cm³/mol. The highest BCUT2D eigenvalue weighted by molar-refractivity contribution is 5.73. The van der Waals surface area contributed by atoms with E-state index in [9.17, 15) is 4.79 Å². The first kappa shape index (κ1) is 10.2. The second-order valence-electron chi connectivity index (χ2n) is 3.30. The van der Waals surface area contributed by atoms with Crippen LogP contribution in [0.15, 0.2) is 12.2 Å². The molecular weight excluding hydrogens is 140 g/mol. The van der Waals surface area contributed by atoms with Crippen molar-refractivity contribution in [3.8, 4) is 0 Å². The van der Waals surface area contributed by atoms with Crippen LogP contribution < -0.4 is 0 Å². The van der Waals surface area contributed by atoms with Gasteiger partial charge in [-0.1, -0.05) is 12.2 Å². The summed E-state index contributed by atoms with van der Waals surface area (Å²) in [6.07, 6.45) is 5.48. The van der Waals surface area contributed by atoms with Gasteiger partial charge in [0.2, 0.25) is 0 Å². The Labute approximate surface area is 67.9 Å². The van der Waals surface area contributed by atoms with E-state index in [1.807, 2.05) is 19.1 Å². The Hall–Kier alpha value is -0.790. The summed E-state index contributed by atoms with van der Waals surface area (Å²) in [7, 11) is 0. The fourth-order valence-corrected chi connectivity index (χ4v) is 0.718. The number of aliphatic carboxylic acids is 1. The fourth-order valence-electron chi connectivity index (χ4n) is 0.718. The molecule has 0 amide bonds. The molecule has 0 unspecified atom stereocenters. The smallest absolute Gasteiger partial charge is 0.309 e. The first-order chi connectivity index (χ1) is 5.00. The van der Waals surface area contributed by atoms with Gasteiger partial charge in [0.1, 0.15) is 0 Å². The highest BCUT2D eigenvalue weighted by Gasteiger charge is 2.25. The molecule has 0 aliphatic heterocycles. The van der Waals surface area contributed by atoms with Crippen molar-refractivity contribution in [2.24, 2.45) is 5.41 Å². The Morgan fingerprint density at radius 3 is 2.45 bits per heavy atom. The Balaban J connectivity index is 3.82. The van der Waals surface area contributed by atoms with Crippen molar-refractivity contribution in [1.29, 1.82) is 0 Å². The second-order valence-corrected chi connectivity index (χ2v) is 3.30. The topological polar surface area (TPSA) is 37.3 Å². The van der Waals surface area contributed by atoms with Crippen molar-refractivity contribution in [3.63, 3.8) is 0 Å². The molecule has 0 fully saturated rings. The van der Waals surface area contributed by atoms with Crippen LogP contribution in [0.25, 0.3) is 0 Å². The SMILES string of the molecule is C/C=C/CCC(C)(C)C(=O)O. The highest BCUT2D eigenvalue weighted by atomic mass is 16.4. The normalized spacial score (nSPS) is 12.3. The van der Waals surface area contributed by atoms with Crippen LogP contribution >= 0.6 is 0 Å². The summed E-state index contributed by atoms with van der Waals surface area (Å²) in [6, 6.07) is 0. The van der Waals surface area contributed by atoms with Crippen LogP contribution in [0, 0.1) is 5.41 Å². The van der Waals surface area contributed by atoms with Gasteiger partial charge in [0.05, 0.1) is 5.41 Å². The van der Waals surface area contributed by atoms with Crippen LogP contribution in [0.2, 0.25) is 0 Å². The van der Waals surface area contributed by atoms with Crippen molar-refractivity contribution in [2.45, 2.75) is 33.6 Å². The van der Waals surface area contributed by atoms with Gasteiger partial charge in [-0.25, -0.2) is 0 Å². The molecule has 0 aliphatic carbocycles. The van der Waals surface area contributed by atoms with Gasteiger partial charge >= 0.3 is 5.97 Å². The third-order valence-electron chi connectivity index (χ3n) is 1.75. The molecule has 0 radical (unpaired) electrons. The number of rotatable bonds is 4. The van der Waals surface area contributed by atoms with Crippen LogP contribution in [0.5, 0.6) is 0 Å². The maximum absolute atomic E-state index is 10.6. The molecule has 0 aromatic carbocycles. The van der Waals surface area contributed by atoms with Gasteiger partial charge in [-0.15, -0.1) is 0 Å². The summed E-state index contributed by atoms with van der Waals surface area (Å²) in [6.45, 7) is 5.44. The number of hydrogen-bond donors (Lipinski definition) is 1. The van der Waals surface area contributed by atoms with E-state index in [0.29, 0.717) is 6.42 Å². The lowest BCUT2D eigenvalue weighted by Gasteiger charge is -2.17. The molecule has 0 rings (SSSR count). The minimum atomic E-state index is -0.720. The number of carbonyl (C=O) groups is 1. The van der Waals surface area contributed by atoms with Gasteiger partial charge in [-0.05, 0) is 33.6 Å². The van der Waals surface area contributed by atoms with E-state index >= 15 is 0 Å². The summed E-state index contributed by atoms with van der Waals surface area (Å²) in [5, 5.41) is 8.72. The maximum Gasteiger partial charge on any atom is 0.309 e. The first-order valence-electron chi connectivity index (χ1n) is 3.85. The number of hydrogen-bond acceptors (Lipinski definition) is 1. The van der Waals surface area contributed by atoms with E-state index in [2.05, 4.69) is 0 Å². The molecule has 64 valence electrons. The summed E-state index contributed by atoms with van der Waals surface area (Å²) in [4.78, 5) is 10.6. The Bertz CT molecular complexity index is 157. The van der Waals surface area contributed by atoms with Crippen LogP contribution in [-0.2, 0) is 4.79 Å². The minimum Gasteiger partial charge on any atom is -0.481 e. The lowest BCUT2D eigenvalue weighted by atomic mass is 9.88. The van der Waals surface area contributed by atoms with E-state index in [0.717, 1.165) is 6.42 Å². The highest BCUT2D eigenvalue weighted by Crippen LogP contribution is 2.22. The average Bonchev–Trinajstić information content (AvgIpc) is 1.88. The number of carboxylic acids is 1. The zero-order chi connectivity index (χ0) is 8.91. The second kappa shape index (κ2) is 4.16. The van der Waals surface area contributed by atoms with Gasteiger partial charge in [-0.2, -0.15) is 0 Å². The van der Waals surface area contributed by atoms with Gasteiger partial charge in [0.25, 0.3) is 0 Å². The first-order valence-corrected chi connectivity index (χ1v) is 3.85. The Morgan fingerprint density at radius 2 is 2.09 bits per heavy atom. The molecule has 11 heavy (non-hydrogen) atoms. The molecule has 0 aromatic rings. The van der Waals surface area contributed by atoms with E-state index in [1.165, 1.54) is 0 Å². The number of allylic oxidation sites excluding steroid dienone is 2. The van der Waals surface area contributed by atoms with Crippen molar-refractivity contribution in [1.82, 2.24) is 0 Å².